The minimum atomic E-state index is 0.320. The molecule has 2 saturated heterocycles. The van der Waals surface area contributed by atoms with Gasteiger partial charge in [-0.2, -0.15) is 0 Å². The normalized spacial score (nSPS) is 41.2. The summed E-state index contributed by atoms with van der Waals surface area (Å²) in [5.74, 6) is 2.97. The summed E-state index contributed by atoms with van der Waals surface area (Å²) >= 11 is 0. The second kappa shape index (κ2) is 4.02. The molecule has 3 heteroatoms. The van der Waals surface area contributed by atoms with E-state index in [0.717, 1.165) is 24.3 Å². The van der Waals surface area contributed by atoms with Gasteiger partial charge in [-0.3, -0.25) is 4.79 Å². The molecule has 4 bridgehead atoms. The molecule has 4 rings (SSSR count). The average molecular weight is 222 g/mol. The molecule has 16 heavy (non-hydrogen) atoms. The lowest BCUT2D eigenvalue weighted by molar-refractivity contribution is -0.133. The number of amides is 1. The summed E-state index contributed by atoms with van der Waals surface area (Å²) in [7, 11) is 1.86. The summed E-state index contributed by atoms with van der Waals surface area (Å²) in [5.41, 5.74) is 0. The Labute approximate surface area is 97.6 Å². The van der Waals surface area contributed by atoms with Crippen molar-refractivity contribution in [2.24, 2.45) is 17.8 Å². The van der Waals surface area contributed by atoms with Crippen LogP contribution in [0.3, 0.4) is 0 Å². The van der Waals surface area contributed by atoms with Gasteiger partial charge in [0.15, 0.2) is 0 Å². The summed E-state index contributed by atoms with van der Waals surface area (Å²) < 4.78 is 0. The van der Waals surface area contributed by atoms with E-state index < -0.39 is 0 Å². The Bertz CT molecular complexity index is 278. The van der Waals surface area contributed by atoms with E-state index in [-0.39, 0.29) is 0 Å². The lowest BCUT2D eigenvalue weighted by atomic mass is 9.68. The van der Waals surface area contributed by atoms with Crippen molar-refractivity contribution in [3.8, 4) is 0 Å². The maximum Gasteiger partial charge on any atom is 0.236 e. The highest BCUT2D eigenvalue weighted by atomic mass is 16.2. The molecule has 4 fully saturated rings. The van der Waals surface area contributed by atoms with Gasteiger partial charge < -0.3 is 10.2 Å². The standard InChI is InChI=1S/C13H22N2O/c1-14-7-13(16)15-8-11-3-9-2-10(4-11)6-12(15)5-9/h9-12,14H,2-8H2,1H3. The molecule has 1 amide bonds. The van der Waals surface area contributed by atoms with Crippen LogP contribution in [0.4, 0.5) is 0 Å². The molecule has 0 aromatic rings. The molecule has 0 aromatic heterocycles. The summed E-state index contributed by atoms with van der Waals surface area (Å²) in [6.07, 6.45) is 6.78. The second-order valence-electron chi connectivity index (χ2n) is 6.01. The van der Waals surface area contributed by atoms with Crippen molar-refractivity contribution < 1.29 is 4.79 Å². The van der Waals surface area contributed by atoms with Gasteiger partial charge in [-0.25, -0.2) is 0 Å². The number of nitrogens with one attached hydrogen (secondary N) is 1. The first-order chi connectivity index (χ1) is 7.76. The van der Waals surface area contributed by atoms with E-state index in [1.807, 2.05) is 7.05 Å². The quantitative estimate of drug-likeness (QED) is 0.762. The van der Waals surface area contributed by atoms with Crippen molar-refractivity contribution >= 4 is 5.91 Å². The molecular weight excluding hydrogens is 200 g/mol. The van der Waals surface area contributed by atoms with E-state index in [1.54, 1.807) is 0 Å². The van der Waals surface area contributed by atoms with E-state index in [1.165, 1.54) is 32.1 Å². The van der Waals surface area contributed by atoms with Crippen LogP contribution in [0.15, 0.2) is 0 Å². The minimum absolute atomic E-state index is 0.320. The summed E-state index contributed by atoms with van der Waals surface area (Å²) in [6.45, 7) is 1.55. The van der Waals surface area contributed by atoms with Gasteiger partial charge in [0.25, 0.3) is 0 Å². The molecule has 90 valence electrons. The van der Waals surface area contributed by atoms with E-state index in [9.17, 15) is 4.79 Å². The Kier molecular flexibility index (Phi) is 2.66. The lowest BCUT2D eigenvalue weighted by Crippen LogP contribution is -2.45. The number of hydrogen-bond acceptors (Lipinski definition) is 2. The van der Waals surface area contributed by atoms with Gasteiger partial charge in [-0.15, -0.1) is 0 Å². The number of carbonyl (C=O) groups is 1. The highest BCUT2D eigenvalue weighted by Gasteiger charge is 2.43. The maximum absolute atomic E-state index is 12.1. The molecule has 2 atom stereocenters. The molecule has 2 aliphatic heterocycles. The van der Waals surface area contributed by atoms with Gasteiger partial charge >= 0.3 is 0 Å². The van der Waals surface area contributed by atoms with E-state index in [4.69, 9.17) is 0 Å². The Morgan fingerprint density at radius 1 is 1.12 bits per heavy atom. The number of hydrogen-bond donors (Lipinski definition) is 1. The summed E-state index contributed by atoms with van der Waals surface area (Å²) in [5, 5.41) is 3.00. The van der Waals surface area contributed by atoms with Crippen LogP contribution in [0.5, 0.6) is 0 Å². The number of carbonyl (C=O) groups excluding carboxylic acids is 1. The first-order valence-electron chi connectivity index (χ1n) is 6.70. The Morgan fingerprint density at radius 2 is 1.75 bits per heavy atom. The fraction of sp³-hybridized carbons (Fsp3) is 0.923. The zero-order valence-electron chi connectivity index (χ0n) is 10.1. The zero-order chi connectivity index (χ0) is 11.1. The second-order valence-corrected chi connectivity index (χ2v) is 6.01. The Balaban J connectivity index is 1.78. The topological polar surface area (TPSA) is 32.3 Å². The maximum atomic E-state index is 12.1. The van der Waals surface area contributed by atoms with Crippen LogP contribution in [0.2, 0.25) is 0 Å². The van der Waals surface area contributed by atoms with Crippen LogP contribution in [0.1, 0.15) is 32.1 Å². The predicted molar refractivity (Wildman–Crippen MR) is 63.0 cm³/mol. The minimum Gasteiger partial charge on any atom is -0.338 e. The van der Waals surface area contributed by atoms with Gasteiger partial charge in [0.1, 0.15) is 0 Å². The van der Waals surface area contributed by atoms with Crippen LogP contribution in [0, 0.1) is 17.8 Å². The van der Waals surface area contributed by atoms with Gasteiger partial charge in [0.05, 0.1) is 6.54 Å². The van der Waals surface area contributed by atoms with Crippen LogP contribution in [-0.4, -0.2) is 37.0 Å². The van der Waals surface area contributed by atoms with Crippen molar-refractivity contribution in [2.75, 3.05) is 20.1 Å². The number of fused-ring (bicyclic) bond motifs is 1. The van der Waals surface area contributed by atoms with Crippen molar-refractivity contribution in [2.45, 2.75) is 38.1 Å². The number of nitrogens with zero attached hydrogens (tertiary/aromatic N) is 1. The SMILES string of the molecule is CNCC(=O)N1CC2CC3CC(C2)CC1C3. The molecule has 0 spiro atoms. The van der Waals surface area contributed by atoms with Gasteiger partial charge in [0.2, 0.25) is 5.91 Å². The molecule has 4 aliphatic rings. The predicted octanol–water partition coefficient (Wildman–Crippen LogP) is 1.24. The fourth-order valence-electron chi connectivity index (χ4n) is 4.34. The molecule has 3 nitrogen and oxygen atoms in total. The zero-order valence-corrected chi connectivity index (χ0v) is 10.1. The highest BCUT2D eigenvalue weighted by molar-refractivity contribution is 5.78. The van der Waals surface area contributed by atoms with Crippen LogP contribution in [0.25, 0.3) is 0 Å². The molecule has 2 heterocycles. The first kappa shape index (κ1) is 10.6. The van der Waals surface area contributed by atoms with Gasteiger partial charge in [-0.05, 0) is 56.9 Å². The largest absolute Gasteiger partial charge is 0.338 e. The van der Waals surface area contributed by atoms with Gasteiger partial charge in [-0.1, -0.05) is 0 Å². The van der Waals surface area contributed by atoms with Crippen LogP contribution >= 0.6 is 0 Å². The van der Waals surface area contributed by atoms with Crippen molar-refractivity contribution in [1.29, 1.82) is 0 Å². The number of rotatable bonds is 2. The van der Waals surface area contributed by atoms with E-state index in [2.05, 4.69) is 10.2 Å². The summed E-state index contributed by atoms with van der Waals surface area (Å²) in [4.78, 5) is 14.3. The Hall–Kier alpha value is -0.570. The van der Waals surface area contributed by atoms with Crippen molar-refractivity contribution in [3.63, 3.8) is 0 Å². The molecule has 0 radical (unpaired) electrons. The number of likely N-dealkylation sites (N-methyl/N-ethyl adjacent to an activating group) is 1. The van der Waals surface area contributed by atoms with Gasteiger partial charge in [0, 0.05) is 12.6 Å². The highest BCUT2D eigenvalue weighted by Crippen LogP contribution is 2.47. The fourth-order valence-corrected chi connectivity index (χ4v) is 4.34. The van der Waals surface area contributed by atoms with E-state index >= 15 is 0 Å². The average Bonchev–Trinajstić information content (AvgIpc) is 2.43. The molecule has 2 unspecified atom stereocenters. The third kappa shape index (κ3) is 1.75. The van der Waals surface area contributed by atoms with E-state index in [0.29, 0.717) is 18.5 Å². The Morgan fingerprint density at radius 3 is 2.38 bits per heavy atom. The third-order valence-corrected chi connectivity index (χ3v) is 4.75. The molecule has 1 N–H and O–H groups in total. The lowest BCUT2D eigenvalue weighted by Gasteiger charge is -2.39. The van der Waals surface area contributed by atoms with Crippen molar-refractivity contribution in [1.82, 2.24) is 10.2 Å². The monoisotopic (exact) mass is 222 g/mol. The van der Waals surface area contributed by atoms with Crippen LogP contribution < -0.4 is 5.32 Å². The van der Waals surface area contributed by atoms with Crippen molar-refractivity contribution in [3.05, 3.63) is 0 Å². The molecular formula is C13H22N2O. The summed E-state index contributed by atoms with van der Waals surface area (Å²) in [6, 6.07) is 0.567. The third-order valence-electron chi connectivity index (χ3n) is 4.75. The van der Waals surface area contributed by atoms with Crippen LogP contribution in [-0.2, 0) is 4.79 Å². The first-order valence-corrected chi connectivity index (χ1v) is 6.70. The molecule has 2 saturated carbocycles. The molecule has 2 aliphatic carbocycles. The molecule has 0 aromatic carbocycles. The smallest absolute Gasteiger partial charge is 0.236 e.